The van der Waals surface area contributed by atoms with Crippen molar-refractivity contribution in [2.75, 3.05) is 39.3 Å². The van der Waals surface area contributed by atoms with Gasteiger partial charge in [-0.15, -0.1) is 11.3 Å². The Morgan fingerprint density at radius 3 is 2.61 bits per heavy atom. The predicted octanol–water partition coefficient (Wildman–Crippen LogP) is 3.12. The lowest BCUT2D eigenvalue weighted by Gasteiger charge is -2.47. The minimum Gasteiger partial charge on any atom is -0.342 e. The van der Waals surface area contributed by atoms with Crippen LogP contribution in [0.3, 0.4) is 0 Å². The van der Waals surface area contributed by atoms with Crippen LogP contribution in [0.15, 0.2) is 42.0 Å². The van der Waals surface area contributed by atoms with Crippen LogP contribution in [0.25, 0.3) is 0 Å². The van der Waals surface area contributed by atoms with Gasteiger partial charge in [-0.25, -0.2) is 0 Å². The zero-order valence-corrected chi connectivity index (χ0v) is 18.9. The number of fused-ring (bicyclic) bond motifs is 1. The van der Waals surface area contributed by atoms with Crippen LogP contribution in [0.2, 0.25) is 0 Å². The SMILES string of the molecule is CCN1CCC2(CN(Cc3cccnc3)CC23CCN(C(=O)c2cccs2)CC3)C1=O. The molecule has 3 saturated heterocycles. The Morgan fingerprint density at radius 2 is 1.97 bits per heavy atom. The number of hydrogen-bond donors (Lipinski definition) is 0. The van der Waals surface area contributed by atoms with Crippen molar-refractivity contribution in [3.63, 3.8) is 0 Å². The second-order valence-corrected chi connectivity index (χ2v) is 10.2. The molecule has 5 rings (SSSR count). The average molecular weight is 439 g/mol. The molecular formula is C24H30N4O2S. The summed E-state index contributed by atoms with van der Waals surface area (Å²) >= 11 is 1.51. The predicted molar refractivity (Wildman–Crippen MR) is 121 cm³/mol. The number of aromatic nitrogens is 1. The van der Waals surface area contributed by atoms with Crippen molar-refractivity contribution in [3.05, 3.63) is 52.5 Å². The number of pyridine rings is 1. The summed E-state index contributed by atoms with van der Waals surface area (Å²) < 4.78 is 0. The molecule has 164 valence electrons. The van der Waals surface area contributed by atoms with Gasteiger partial charge in [0.2, 0.25) is 5.91 Å². The standard InChI is InChI=1S/C24H30N4O2S/c1-2-27-13-9-24(22(27)30)18-26(16-19-5-3-10-25-15-19)17-23(24)7-11-28(12-8-23)21(29)20-6-4-14-31-20/h3-6,10,14-15H,2,7-9,11-13,16-18H2,1H3. The quantitative estimate of drug-likeness (QED) is 0.736. The summed E-state index contributed by atoms with van der Waals surface area (Å²) in [5.74, 6) is 0.471. The number of hydrogen-bond acceptors (Lipinski definition) is 5. The van der Waals surface area contributed by atoms with Crippen LogP contribution in [0.4, 0.5) is 0 Å². The second-order valence-electron chi connectivity index (χ2n) is 9.27. The van der Waals surface area contributed by atoms with Crippen LogP contribution in [-0.2, 0) is 11.3 Å². The second kappa shape index (κ2) is 8.02. The molecule has 0 aliphatic carbocycles. The lowest BCUT2D eigenvalue weighted by molar-refractivity contribution is -0.141. The number of likely N-dealkylation sites (tertiary alicyclic amines) is 3. The Balaban J connectivity index is 1.39. The lowest BCUT2D eigenvalue weighted by Crippen LogP contribution is -2.53. The molecule has 0 radical (unpaired) electrons. The summed E-state index contributed by atoms with van der Waals surface area (Å²) in [5.41, 5.74) is 0.823. The van der Waals surface area contributed by atoms with E-state index in [1.54, 1.807) is 6.20 Å². The summed E-state index contributed by atoms with van der Waals surface area (Å²) in [6.45, 7) is 7.75. The first-order chi connectivity index (χ1) is 15.1. The molecule has 5 heterocycles. The first-order valence-corrected chi connectivity index (χ1v) is 12.2. The van der Waals surface area contributed by atoms with Crippen LogP contribution in [0.1, 0.15) is 41.4 Å². The molecule has 0 bridgehead atoms. The van der Waals surface area contributed by atoms with Crippen LogP contribution >= 0.6 is 11.3 Å². The zero-order chi connectivity index (χ0) is 21.5. The highest BCUT2D eigenvalue weighted by atomic mass is 32.1. The third-order valence-electron chi connectivity index (χ3n) is 7.79. The van der Waals surface area contributed by atoms with Crippen LogP contribution in [-0.4, -0.2) is 70.8 Å². The van der Waals surface area contributed by atoms with E-state index in [1.807, 2.05) is 39.6 Å². The number of piperidine rings is 1. The number of carbonyl (C=O) groups is 2. The van der Waals surface area contributed by atoms with Gasteiger partial charge in [-0.05, 0) is 49.3 Å². The lowest BCUT2D eigenvalue weighted by atomic mass is 9.60. The van der Waals surface area contributed by atoms with E-state index in [0.717, 1.165) is 70.0 Å². The van der Waals surface area contributed by atoms with Gasteiger partial charge in [0.25, 0.3) is 5.91 Å². The molecule has 7 heteroatoms. The first kappa shape index (κ1) is 20.6. The van der Waals surface area contributed by atoms with Gasteiger partial charge in [-0.2, -0.15) is 0 Å². The maximum atomic E-state index is 13.6. The van der Waals surface area contributed by atoms with Crippen molar-refractivity contribution < 1.29 is 9.59 Å². The van der Waals surface area contributed by atoms with Gasteiger partial charge < -0.3 is 9.80 Å². The molecule has 0 aromatic carbocycles. The Morgan fingerprint density at radius 1 is 1.13 bits per heavy atom. The zero-order valence-electron chi connectivity index (χ0n) is 18.1. The maximum absolute atomic E-state index is 13.6. The highest BCUT2D eigenvalue weighted by molar-refractivity contribution is 7.12. The van der Waals surface area contributed by atoms with Crippen molar-refractivity contribution in [2.45, 2.75) is 32.7 Å². The van der Waals surface area contributed by atoms with E-state index in [2.05, 4.69) is 22.9 Å². The van der Waals surface area contributed by atoms with Crippen molar-refractivity contribution >= 4 is 23.2 Å². The Labute approximate surface area is 187 Å². The summed E-state index contributed by atoms with van der Waals surface area (Å²) in [6, 6.07) is 7.93. The molecule has 3 aliphatic rings. The fourth-order valence-corrected chi connectivity index (χ4v) is 6.85. The van der Waals surface area contributed by atoms with E-state index < -0.39 is 0 Å². The molecule has 1 unspecified atom stereocenters. The summed E-state index contributed by atoms with van der Waals surface area (Å²) in [6.07, 6.45) is 6.46. The van der Waals surface area contributed by atoms with Gasteiger partial charge in [0.15, 0.2) is 0 Å². The molecule has 6 nitrogen and oxygen atoms in total. The van der Waals surface area contributed by atoms with Crippen LogP contribution < -0.4 is 0 Å². The van der Waals surface area contributed by atoms with Crippen molar-refractivity contribution in [1.29, 1.82) is 0 Å². The highest BCUT2D eigenvalue weighted by Crippen LogP contribution is 2.58. The first-order valence-electron chi connectivity index (χ1n) is 11.3. The molecule has 2 amide bonds. The van der Waals surface area contributed by atoms with E-state index in [4.69, 9.17) is 0 Å². The van der Waals surface area contributed by atoms with Gasteiger partial charge >= 0.3 is 0 Å². The van der Waals surface area contributed by atoms with Gasteiger partial charge in [0.1, 0.15) is 0 Å². The molecule has 2 aromatic rings. The van der Waals surface area contributed by atoms with Crippen molar-refractivity contribution in [1.82, 2.24) is 19.7 Å². The molecule has 0 saturated carbocycles. The van der Waals surface area contributed by atoms with Crippen molar-refractivity contribution in [2.24, 2.45) is 10.8 Å². The van der Waals surface area contributed by atoms with E-state index in [1.165, 1.54) is 16.9 Å². The molecule has 3 aliphatic heterocycles. The van der Waals surface area contributed by atoms with Crippen LogP contribution in [0, 0.1) is 10.8 Å². The number of rotatable bonds is 4. The average Bonchev–Trinajstić information content (AvgIpc) is 3.50. The summed E-state index contributed by atoms with van der Waals surface area (Å²) in [5, 5.41) is 1.96. The fraction of sp³-hybridized carbons (Fsp3) is 0.542. The minimum atomic E-state index is -0.316. The van der Waals surface area contributed by atoms with Crippen LogP contribution in [0.5, 0.6) is 0 Å². The molecule has 2 aromatic heterocycles. The van der Waals surface area contributed by atoms with E-state index in [9.17, 15) is 9.59 Å². The monoisotopic (exact) mass is 438 g/mol. The minimum absolute atomic E-state index is 0.0531. The summed E-state index contributed by atoms with van der Waals surface area (Å²) in [4.78, 5) is 38.1. The Kier molecular flexibility index (Phi) is 5.34. The maximum Gasteiger partial charge on any atom is 0.263 e. The van der Waals surface area contributed by atoms with E-state index >= 15 is 0 Å². The highest BCUT2D eigenvalue weighted by Gasteiger charge is 2.64. The molecule has 31 heavy (non-hydrogen) atoms. The van der Waals surface area contributed by atoms with Gasteiger partial charge in [-0.3, -0.25) is 19.5 Å². The number of carbonyl (C=O) groups excluding carboxylic acids is 2. The van der Waals surface area contributed by atoms with Crippen molar-refractivity contribution in [3.8, 4) is 0 Å². The van der Waals surface area contributed by atoms with Gasteiger partial charge in [0, 0.05) is 63.6 Å². The number of thiophene rings is 1. The third kappa shape index (κ3) is 3.38. The Hall–Kier alpha value is -2.25. The molecule has 3 fully saturated rings. The molecule has 2 spiro atoms. The summed E-state index contributed by atoms with van der Waals surface area (Å²) in [7, 11) is 0. The fourth-order valence-electron chi connectivity index (χ4n) is 6.15. The molecule has 1 atom stereocenters. The normalized spacial score (nSPS) is 25.8. The van der Waals surface area contributed by atoms with Gasteiger partial charge in [-0.1, -0.05) is 12.1 Å². The van der Waals surface area contributed by atoms with E-state index in [-0.39, 0.29) is 16.7 Å². The number of amides is 2. The number of nitrogens with zero attached hydrogens (tertiary/aromatic N) is 4. The third-order valence-corrected chi connectivity index (χ3v) is 8.65. The molecular weight excluding hydrogens is 408 g/mol. The topological polar surface area (TPSA) is 56.8 Å². The van der Waals surface area contributed by atoms with E-state index in [0.29, 0.717) is 5.91 Å². The van der Waals surface area contributed by atoms with Gasteiger partial charge in [0.05, 0.1) is 10.3 Å². The largest absolute Gasteiger partial charge is 0.342 e. The smallest absolute Gasteiger partial charge is 0.263 e. The molecule has 0 N–H and O–H groups in total. The Bertz CT molecular complexity index is 940.